The van der Waals surface area contributed by atoms with Crippen molar-refractivity contribution in [3.63, 3.8) is 0 Å². The number of nitrogens with zero attached hydrogens (tertiary/aromatic N) is 1. The van der Waals surface area contributed by atoms with Gasteiger partial charge in [-0.25, -0.2) is 9.37 Å². The molecule has 29 heavy (non-hydrogen) atoms. The molecule has 1 heterocycles. The van der Waals surface area contributed by atoms with E-state index in [-0.39, 0.29) is 10.3 Å². The molecule has 0 bridgehead atoms. The highest BCUT2D eigenvalue weighted by molar-refractivity contribution is 7.99. The topological polar surface area (TPSA) is 50.9 Å². The van der Waals surface area contributed by atoms with Gasteiger partial charge in [-0.05, 0) is 42.8 Å². The van der Waals surface area contributed by atoms with E-state index >= 15 is 0 Å². The van der Waals surface area contributed by atoms with Crippen LogP contribution in [-0.2, 0) is 6.54 Å². The first-order valence-electron chi connectivity index (χ1n) is 9.26. The van der Waals surface area contributed by atoms with Gasteiger partial charge in [-0.2, -0.15) is 0 Å². The summed E-state index contributed by atoms with van der Waals surface area (Å²) in [7, 11) is 0. The quantitative estimate of drug-likeness (QED) is 0.309. The normalized spacial score (nSPS) is 12.2. The van der Waals surface area contributed by atoms with Crippen LogP contribution in [0.2, 0.25) is 10.0 Å². The van der Waals surface area contributed by atoms with Crippen LogP contribution < -0.4 is 11.1 Å². The fourth-order valence-corrected chi connectivity index (χ4v) is 4.90. The number of thioether (sulfide) groups is 1. The number of anilines is 1. The summed E-state index contributed by atoms with van der Waals surface area (Å²) in [4.78, 5) is 5.14. The van der Waals surface area contributed by atoms with Gasteiger partial charge in [-0.1, -0.05) is 54.4 Å². The molecule has 3 aromatic rings. The molecule has 0 saturated heterocycles. The lowest BCUT2D eigenvalue weighted by atomic mass is 10.1. The summed E-state index contributed by atoms with van der Waals surface area (Å²) >= 11 is 13.9. The molecule has 1 atom stereocenters. The first-order chi connectivity index (χ1) is 13.9. The standard InChI is InChI=1S/C22H22Cl2FN3S/c1-3-27-11-14-4-6-15(7-5-14)16-10-19(22(26)28-12-16)29-13(2)20-17(23)8-9-18(25)21(20)24/h4-10,12-13,27H,3,11H2,1-2H3,(H2,26,28). The van der Waals surface area contributed by atoms with Gasteiger partial charge in [0, 0.05) is 34.1 Å². The van der Waals surface area contributed by atoms with Crippen LogP contribution in [0.4, 0.5) is 10.2 Å². The highest BCUT2D eigenvalue weighted by atomic mass is 35.5. The van der Waals surface area contributed by atoms with Gasteiger partial charge in [-0.15, -0.1) is 11.8 Å². The first kappa shape index (κ1) is 21.9. The van der Waals surface area contributed by atoms with Crippen LogP contribution in [-0.4, -0.2) is 11.5 Å². The Hall–Kier alpha value is -1.79. The molecule has 0 radical (unpaired) electrons. The molecule has 0 aliphatic carbocycles. The molecule has 3 nitrogen and oxygen atoms in total. The minimum atomic E-state index is -0.490. The Bertz CT molecular complexity index is 996. The molecule has 0 amide bonds. The molecule has 0 aliphatic heterocycles. The van der Waals surface area contributed by atoms with Crippen molar-refractivity contribution in [1.82, 2.24) is 10.3 Å². The summed E-state index contributed by atoms with van der Waals surface area (Å²) in [5, 5.41) is 3.57. The van der Waals surface area contributed by atoms with E-state index in [1.165, 1.54) is 29.5 Å². The zero-order chi connectivity index (χ0) is 21.0. The van der Waals surface area contributed by atoms with Crippen molar-refractivity contribution in [1.29, 1.82) is 0 Å². The molecule has 7 heteroatoms. The van der Waals surface area contributed by atoms with Crippen molar-refractivity contribution in [3.8, 4) is 11.1 Å². The summed E-state index contributed by atoms with van der Waals surface area (Å²) in [6.45, 7) is 5.77. The van der Waals surface area contributed by atoms with Crippen molar-refractivity contribution in [2.24, 2.45) is 0 Å². The second kappa shape index (κ2) is 9.81. The SMILES string of the molecule is CCNCc1ccc(-c2cnc(N)c(SC(C)c3c(Cl)ccc(F)c3Cl)c2)cc1. The molecule has 2 aromatic carbocycles. The number of nitrogens with two attached hydrogens (primary N) is 1. The Morgan fingerprint density at radius 2 is 1.86 bits per heavy atom. The van der Waals surface area contributed by atoms with Crippen LogP contribution in [0, 0.1) is 5.82 Å². The number of nitrogens with one attached hydrogen (secondary N) is 1. The second-order valence-corrected chi connectivity index (χ2v) is 8.77. The zero-order valence-corrected chi connectivity index (χ0v) is 18.5. The molecular weight excluding hydrogens is 428 g/mol. The number of hydrogen-bond donors (Lipinski definition) is 2. The van der Waals surface area contributed by atoms with Crippen LogP contribution in [0.3, 0.4) is 0 Å². The van der Waals surface area contributed by atoms with Crippen LogP contribution >= 0.6 is 35.0 Å². The van der Waals surface area contributed by atoms with Crippen molar-refractivity contribution >= 4 is 40.8 Å². The summed E-state index contributed by atoms with van der Waals surface area (Å²) in [5.74, 6) is -0.0750. The summed E-state index contributed by atoms with van der Waals surface area (Å²) in [5.41, 5.74) is 9.88. The summed E-state index contributed by atoms with van der Waals surface area (Å²) in [6.07, 6.45) is 1.76. The number of aromatic nitrogens is 1. The van der Waals surface area contributed by atoms with Gasteiger partial charge in [0.15, 0.2) is 0 Å². The predicted octanol–water partition coefficient (Wildman–Crippen LogP) is 6.74. The minimum Gasteiger partial charge on any atom is -0.383 e. The third-order valence-electron chi connectivity index (χ3n) is 4.54. The number of pyridine rings is 1. The lowest BCUT2D eigenvalue weighted by Crippen LogP contribution is -2.11. The summed E-state index contributed by atoms with van der Waals surface area (Å²) in [6, 6.07) is 13.1. The Kier molecular flexibility index (Phi) is 7.41. The Labute approximate surface area is 184 Å². The van der Waals surface area contributed by atoms with E-state index in [1.54, 1.807) is 6.20 Å². The number of hydrogen-bond acceptors (Lipinski definition) is 4. The third kappa shape index (κ3) is 5.23. The Morgan fingerprint density at radius 3 is 2.55 bits per heavy atom. The fraction of sp³-hybridized carbons (Fsp3) is 0.227. The molecule has 1 aromatic heterocycles. The largest absolute Gasteiger partial charge is 0.383 e. The van der Waals surface area contributed by atoms with Crippen LogP contribution in [0.5, 0.6) is 0 Å². The van der Waals surface area contributed by atoms with E-state index in [0.717, 1.165) is 29.1 Å². The van der Waals surface area contributed by atoms with Crippen LogP contribution in [0.25, 0.3) is 11.1 Å². The predicted molar refractivity (Wildman–Crippen MR) is 122 cm³/mol. The van der Waals surface area contributed by atoms with Gasteiger partial charge in [-0.3, -0.25) is 0 Å². The Balaban J connectivity index is 1.85. The average Bonchev–Trinajstić information content (AvgIpc) is 2.71. The van der Waals surface area contributed by atoms with Gasteiger partial charge >= 0.3 is 0 Å². The highest BCUT2D eigenvalue weighted by Crippen LogP contribution is 2.44. The minimum absolute atomic E-state index is 0.0384. The lowest BCUT2D eigenvalue weighted by molar-refractivity contribution is 0.626. The van der Waals surface area contributed by atoms with Gasteiger partial charge < -0.3 is 11.1 Å². The zero-order valence-electron chi connectivity index (χ0n) is 16.2. The van der Waals surface area contributed by atoms with Gasteiger partial charge in [0.05, 0.1) is 9.92 Å². The van der Waals surface area contributed by atoms with E-state index in [2.05, 4.69) is 41.5 Å². The molecule has 0 saturated carbocycles. The highest BCUT2D eigenvalue weighted by Gasteiger charge is 2.19. The van der Waals surface area contributed by atoms with Crippen molar-refractivity contribution in [3.05, 3.63) is 75.7 Å². The van der Waals surface area contributed by atoms with Crippen molar-refractivity contribution in [2.45, 2.75) is 30.5 Å². The van der Waals surface area contributed by atoms with E-state index in [0.29, 0.717) is 16.4 Å². The lowest BCUT2D eigenvalue weighted by Gasteiger charge is -2.17. The number of halogens is 3. The van der Waals surface area contributed by atoms with Crippen molar-refractivity contribution < 1.29 is 4.39 Å². The molecular formula is C22H22Cl2FN3S. The van der Waals surface area contributed by atoms with Gasteiger partial charge in [0.1, 0.15) is 11.6 Å². The van der Waals surface area contributed by atoms with E-state index < -0.39 is 5.82 Å². The number of rotatable bonds is 7. The van der Waals surface area contributed by atoms with E-state index in [1.807, 2.05) is 13.0 Å². The first-order valence-corrected chi connectivity index (χ1v) is 10.9. The molecule has 0 aliphatic rings. The average molecular weight is 450 g/mol. The maximum absolute atomic E-state index is 13.9. The second-order valence-electron chi connectivity index (χ2n) is 6.60. The molecule has 152 valence electrons. The van der Waals surface area contributed by atoms with E-state index in [9.17, 15) is 4.39 Å². The number of benzene rings is 2. The molecule has 3 N–H and O–H groups in total. The van der Waals surface area contributed by atoms with Crippen molar-refractivity contribution in [2.75, 3.05) is 12.3 Å². The monoisotopic (exact) mass is 449 g/mol. The molecule has 0 fully saturated rings. The van der Waals surface area contributed by atoms with E-state index in [4.69, 9.17) is 28.9 Å². The number of nitrogen functional groups attached to an aromatic ring is 1. The maximum atomic E-state index is 13.9. The fourth-order valence-electron chi connectivity index (χ4n) is 2.96. The summed E-state index contributed by atoms with van der Waals surface area (Å²) < 4.78 is 13.9. The maximum Gasteiger partial charge on any atom is 0.142 e. The smallest absolute Gasteiger partial charge is 0.142 e. The van der Waals surface area contributed by atoms with Crippen LogP contribution in [0.15, 0.2) is 53.6 Å². The Morgan fingerprint density at radius 1 is 1.14 bits per heavy atom. The molecule has 1 unspecified atom stereocenters. The van der Waals surface area contributed by atoms with Crippen LogP contribution in [0.1, 0.15) is 30.2 Å². The molecule has 0 spiro atoms. The molecule has 3 rings (SSSR count). The third-order valence-corrected chi connectivity index (χ3v) is 6.42. The van der Waals surface area contributed by atoms with Gasteiger partial charge in [0.25, 0.3) is 0 Å². The van der Waals surface area contributed by atoms with Gasteiger partial charge in [0.2, 0.25) is 0 Å².